The Kier molecular flexibility index (Phi) is 6.30. The van der Waals surface area contributed by atoms with E-state index in [1.54, 1.807) is 21.9 Å². The molecular formula is C16H23N3O6S. The fourth-order valence-electron chi connectivity index (χ4n) is 2.68. The molecule has 2 amide bonds. The molecule has 0 N–H and O–H groups in total. The van der Waals surface area contributed by atoms with Gasteiger partial charge in [0.05, 0.1) is 26.2 Å². The summed E-state index contributed by atoms with van der Waals surface area (Å²) in [6.45, 7) is 1.30. The number of hydrogen-bond acceptors (Lipinski definition) is 6. The first-order valence-corrected chi connectivity index (χ1v) is 9.82. The summed E-state index contributed by atoms with van der Waals surface area (Å²) in [6, 6.07) is 4.65. The Morgan fingerprint density at radius 1 is 1.15 bits per heavy atom. The van der Waals surface area contributed by atoms with Crippen molar-refractivity contribution in [1.82, 2.24) is 9.80 Å². The number of sulfonamides is 1. The third kappa shape index (κ3) is 4.57. The molecule has 26 heavy (non-hydrogen) atoms. The zero-order valence-corrected chi connectivity index (χ0v) is 15.9. The molecule has 1 heterocycles. The highest BCUT2D eigenvalue weighted by molar-refractivity contribution is 7.92. The second-order valence-electron chi connectivity index (χ2n) is 5.83. The van der Waals surface area contributed by atoms with Crippen molar-refractivity contribution >= 4 is 28.0 Å². The lowest BCUT2D eigenvalue weighted by atomic mass is 10.2. The van der Waals surface area contributed by atoms with E-state index >= 15 is 0 Å². The van der Waals surface area contributed by atoms with Crippen molar-refractivity contribution < 1.29 is 27.5 Å². The largest absolute Gasteiger partial charge is 0.493 e. The minimum absolute atomic E-state index is 0.310. The van der Waals surface area contributed by atoms with Crippen LogP contribution >= 0.6 is 0 Å². The van der Waals surface area contributed by atoms with Crippen LogP contribution in [-0.4, -0.2) is 83.7 Å². The first kappa shape index (κ1) is 19.8. The summed E-state index contributed by atoms with van der Waals surface area (Å²) < 4.78 is 35.9. The van der Waals surface area contributed by atoms with Crippen LogP contribution < -0.4 is 13.8 Å². The van der Waals surface area contributed by atoms with E-state index in [4.69, 9.17) is 9.47 Å². The topological polar surface area (TPSA) is 96.5 Å². The average Bonchev–Trinajstić information content (AvgIpc) is 2.64. The van der Waals surface area contributed by atoms with Crippen LogP contribution in [0.1, 0.15) is 0 Å². The zero-order chi connectivity index (χ0) is 19.3. The Labute approximate surface area is 153 Å². The third-order valence-electron chi connectivity index (χ3n) is 4.15. The van der Waals surface area contributed by atoms with Crippen LogP contribution in [0.2, 0.25) is 0 Å². The fraction of sp³-hybridized carbons (Fsp3) is 0.500. The van der Waals surface area contributed by atoms with Crippen molar-refractivity contribution in [3.63, 3.8) is 0 Å². The van der Waals surface area contributed by atoms with Crippen molar-refractivity contribution in [2.24, 2.45) is 0 Å². The Morgan fingerprint density at radius 2 is 1.77 bits per heavy atom. The van der Waals surface area contributed by atoms with Crippen molar-refractivity contribution in [2.45, 2.75) is 0 Å². The summed E-state index contributed by atoms with van der Waals surface area (Å²) in [6.07, 6.45) is 1.79. The minimum atomic E-state index is -3.69. The quantitative estimate of drug-likeness (QED) is 0.602. The van der Waals surface area contributed by atoms with Crippen molar-refractivity contribution in [3.05, 3.63) is 18.2 Å². The molecule has 0 aliphatic carbocycles. The van der Waals surface area contributed by atoms with Gasteiger partial charge in [-0.3, -0.25) is 13.9 Å². The first-order chi connectivity index (χ1) is 12.3. The van der Waals surface area contributed by atoms with Crippen LogP contribution in [0.3, 0.4) is 0 Å². The summed E-state index contributed by atoms with van der Waals surface area (Å²) >= 11 is 0. The normalized spacial score (nSPS) is 14.7. The van der Waals surface area contributed by atoms with Gasteiger partial charge in [-0.2, -0.15) is 0 Å². The van der Waals surface area contributed by atoms with Crippen molar-refractivity contribution in [1.29, 1.82) is 0 Å². The zero-order valence-electron chi connectivity index (χ0n) is 15.0. The number of hydrogen-bond donors (Lipinski definition) is 0. The third-order valence-corrected chi connectivity index (χ3v) is 5.29. The van der Waals surface area contributed by atoms with Gasteiger partial charge in [0.2, 0.25) is 22.3 Å². The van der Waals surface area contributed by atoms with Gasteiger partial charge in [0, 0.05) is 32.2 Å². The summed E-state index contributed by atoms with van der Waals surface area (Å²) in [5.74, 6) is 0.502. The molecule has 9 nitrogen and oxygen atoms in total. The predicted octanol–water partition coefficient (Wildman–Crippen LogP) is -0.230. The Hall–Kier alpha value is -2.49. The summed E-state index contributed by atoms with van der Waals surface area (Å²) in [5, 5.41) is 0. The molecule has 2 rings (SSSR count). The molecule has 0 radical (unpaired) electrons. The molecule has 144 valence electrons. The number of methoxy groups -OCH3 is 2. The van der Waals surface area contributed by atoms with E-state index in [9.17, 15) is 18.0 Å². The van der Waals surface area contributed by atoms with Crippen LogP contribution in [0.25, 0.3) is 0 Å². The lowest BCUT2D eigenvalue weighted by Gasteiger charge is -2.34. The number of anilines is 1. The van der Waals surface area contributed by atoms with Gasteiger partial charge in [0.25, 0.3) is 0 Å². The first-order valence-electron chi connectivity index (χ1n) is 7.97. The molecule has 1 aromatic carbocycles. The number of benzene rings is 1. The van der Waals surface area contributed by atoms with E-state index in [0.717, 1.165) is 17.0 Å². The van der Waals surface area contributed by atoms with Gasteiger partial charge in [-0.05, 0) is 12.1 Å². The summed E-state index contributed by atoms with van der Waals surface area (Å²) in [7, 11) is -0.760. The Balaban J connectivity index is 2.21. The molecule has 0 aromatic heterocycles. The molecule has 1 aliphatic rings. The minimum Gasteiger partial charge on any atom is -0.493 e. The van der Waals surface area contributed by atoms with Crippen LogP contribution in [0.5, 0.6) is 11.5 Å². The molecular weight excluding hydrogens is 362 g/mol. The fourth-order valence-corrected chi connectivity index (χ4v) is 3.52. The van der Waals surface area contributed by atoms with Gasteiger partial charge in [0.15, 0.2) is 11.5 Å². The van der Waals surface area contributed by atoms with Crippen LogP contribution in [0.15, 0.2) is 18.2 Å². The summed E-state index contributed by atoms with van der Waals surface area (Å²) in [4.78, 5) is 26.4. The second kappa shape index (κ2) is 8.26. The van der Waals surface area contributed by atoms with E-state index < -0.39 is 10.0 Å². The van der Waals surface area contributed by atoms with Gasteiger partial charge in [-0.25, -0.2) is 8.42 Å². The monoisotopic (exact) mass is 385 g/mol. The Bertz CT molecular complexity index is 759. The molecule has 0 bridgehead atoms. The molecule has 0 saturated carbocycles. The molecule has 1 fully saturated rings. The van der Waals surface area contributed by atoms with E-state index in [0.29, 0.717) is 43.4 Å². The molecule has 0 unspecified atom stereocenters. The van der Waals surface area contributed by atoms with Gasteiger partial charge < -0.3 is 19.3 Å². The van der Waals surface area contributed by atoms with Crippen LogP contribution in [-0.2, 0) is 19.6 Å². The van der Waals surface area contributed by atoms with Crippen LogP contribution in [0.4, 0.5) is 5.69 Å². The van der Waals surface area contributed by atoms with E-state index in [1.807, 2.05) is 0 Å². The number of carbonyl (C=O) groups excluding carboxylic acids is 2. The number of rotatable bonds is 7. The smallest absolute Gasteiger partial charge is 0.243 e. The number of nitrogens with zero attached hydrogens (tertiary/aromatic N) is 3. The number of piperazine rings is 1. The maximum absolute atomic E-state index is 12.6. The molecule has 0 spiro atoms. The maximum atomic E-state index is 12.6. The van der Waals surface area contributed by atoms with E-state index in [-0.39, 0.29) is 12.5 Å². The highest BCUT2D eigenvalue weighted by Gasteiger charge is 2.27. The van der Waals surface area contributed by atoms with Crippen LogP contribution in [0, 0.1) is 0 Å². The SMILES string of the molecule is COc1ccc(N(CC(=O)N2CCN(C=O)CC2)S(C)(=O)=O)cc1OC. The lowest BCUT2D eigenvalue weighted by molar-refractivity contribution is -0.133. The van der Waals surface area contributed by atoms with E-state index in [2.05, 4.69) is 0 Å². The van der Waals surface area contributed by atoms with Crippen molar-refractivity contribution in [2.75, 3.05) is 57.5 Å². The van der Waals surface area contributed by atoms with Gasteiger partial charge in [-0.1, -0.05) is 0 Å². The molecule has 1 aliphatic heterocycles. The molecule has 10 heteroatoms. The highest BCUT2D eigenvalue weighted by Crippen LogP contribution is 2.32. The average molecular weight is 385 g/mol. The van der Waals surface area contributed by atoms with Gasteiger partial charge in [-0.15, -0.1) is 0 Å². The maximum Gasteiger partial charge on any atom is 0.243 e. The number of amides is 2. The van der Waals surface area contributed by atoms with Crippen molar-refractivity contribution in [3.8, 4) is 11.5 Å². The molecule has 1 aromatic rings. The molecule has 1 saturated heterocycles. The number of ether oxygens (including phenoxy) is 2. The van der Waals surface area contributed by atoms with Gasteiger partial charge >= 0.3 is 0 Å². The van der Waals surface area contributed by atoms with E-state index in [1.165, 1.54) is 20.3 Å². The Morgan fingerprint density at radius 3 is 2.27 bits per heavy atom. The summed E-state index contributed by atoms with van der Waals surface area (Å²) in [5.41, 5.74) is 0.310. The van der Waals surface area contributed by atoms with Gasteiger partial charge in [0.1, 0.15) is 6.54 Å². The number of carbonyl (C=O) groups is 2. The standard InChI is InChI=1S/C16H23N3O6S/c1-24-14-5-4-13(10-15(14)25-2)19(26(3,22)23)11-16(21)18-8-6-17(12-20)7-9-18/h4-5,10,12H,6-9,11H2,1-3H3. The molecule has 0 atom stereocenters. The predicted molar refractivity (Wildman–Crippen MR) is 96.0 cm³/mol. The highest BCUT2D eigenvalue weighted by atomic mass is 32.2. The lowest BCUT2D eigenvalue weighted by Crippen LogP contribution is -2.51. The second-order valence-corrected chi connectivity index (χ2v) is 7.74.